The van der Waals surface area contributed by atoms with Crippen LogP contribution in [0.2, 0.25) is 0 Å². The van der Waals surface area contributed by atoms with Crippen LogP contribution in [0.5, 0.6) is 0 Å². The van der Waals surface area contributed by atoms with Crippen molar-refractivity contribution in [2.75, 3.05) is 6.54 Å². The summed E-state index contributed by atoms with van der Waals surface area (Å²) in [5.74, 6) is -0.265. The van der Waals surface area contributed by atoms with E-state index in [1.54, 1.807) is 4.90 Å². The number of hydrogen-bond acceptors (Lipinski definition) is 3. The van der Waals surface area contributed by atoms with Crippen molar-refractivity contribution in [1.29, 1.82) is 5.26 Å². The second kappa shape index (κ2) is 3.95. The fourth-order valence-corrected chi connectivity index (χ4v) is 1.86. The van der Waals surface area contributed by atoms with Crippen molar-refractivity contribution in [3.8, 4) is 6.07 Å². The monoisotopic (exact) mass is 215 g/mol. The molecule has 4 nitrogen and oxygen atoms in total. The van der Waals surface area contributed by atoms with Crippen LogP contribution in [0.4, 0.5) is 0 Å². The van der Waals surface area contributed by atoms with E-state index in [2.05, 4.69) is 0 Å². The van der Waals surface area contributed by atoms with Crippen LogP contribution >= 0.6 is 0 Å². The lowest BCUT2D eigenvalue weighted by Gasteiger charge is -2.17. The standard InChI is InChI=1S/C12H13N3O/c13-9-12(14)6-7-15(11(12)16)8-10-4-2-1-3-5-10/h1-5H,6-8,14H2. The van der Waals surface area contributed by atoms with Gasteiger partial charge in [0.1, 0.15) is 0 Å². The molecule has 0 saturated carbocycles. The van der Waals surface area contributed by atoms with Crippen LogP contribution < -0.4 is 5.73 Å². The lowest BCUT2D eigenvalue weighted by molar-refractivity contribution is -0.131. The van der Waals surface area contributed by atoms with Crippen molar-refractivity contribution in [3.05, 3.63) is 35.9 Å². The molecule has 1 aromatic carbocycles. The van der Waals surface area contributed by atoms with Crippen LogP contribution in [0.15, 0.2) is 30.3 Å². The number of hydrogen-bond donors (Lipinski definition) is 1. The summed E-state index contributed by atoms with van der Waals surface area (Å²) in [7, 11) is 0. The van der Waals surface area contributed by atoms with Gasteiger partial charge in [0, 0.05) is 19.5 Å². The van der Waals surface area contributed by atoms with Gasteiger partial charge in [0.2, 0.25) is 0 Å². The lowest BCUT2D eigenvalue weighted by atomic mass is 10.0. The van der Waals surface area contributed by atoms with Crippen LogP contribution in [0.1, 0.15) is 12.0 Å². The zero-order valence-electron chi connectivity index (χ0n) is 8.89. The maximum Gasteiger partial charge on any atom is 0.257 e. The quantitative estimate of drug-likeness (QED) is 0.787. The molecule has 1 atom stereocenters. The van der Waals surface area contributed by atoms with Crippen LogP contribution in [-0.4, -0.2) is 22.9 Å². The van der Waals surface area contributed by atoms with E-state index in [1.807, 2.05) is 36.4 Å². The number of benzene rings is 1. The molecule has 1 saturated heterocycles. The Kier molecular flexibility index (Phi) is 2.63. The van der Waals surface area contributed by atoms with Crippen molar-refractivity contribution < 1.29 is 4.79 Å². The van der Waals surface area contributed by atoms with Gasteiger partial charge in [0.25, 0.3) is 5.91 Å². The van der Waals surface area contributed by atoms with Gasteiger partial charge in [0.15, 0.2) is 5.54 Å². The normalized spacial score (nSPS) is 24.5. The molecule has 1 aliphatic rings. The minimum absolute atomic E-state index is 0.265. The van der Waals surface area contributed by atoms with Crippen LogP contribution in [0, 0.1) is 11.3 Å². The number of likely N-dealkylation sites (tertiary alicyclic amines) is 1. The third kappa shape index (κ3) is 1.77. The molecule has 1 fully saturated rings. The van der Waals surface area contributed by atoms with Gasteiger partial charge in [-0.25, -0.2) is 0 Å². The first-order chi connectivity index (χ1) is 7.65. The minimum Gasteiger partial charge on any atom is -0.336 e. The molecular formula is C12H13N3O. The van der Waals surface area contributed by atoms with Crippen molar-refractivity contribution in [1.82, 2.24) is 4.90 Å². The topological polar surface area (TPSA) is 70.1 Å². The maximum absolute atomic E-state index is 11.8. The SMILES string of the molecule is N#CC1(N)CCN(Cc2ccccc2)C1=O. The van der Waals surface area contributed by atoms with Crippen molar-refractivity contribution in [2.24, 2.45) is 5.73 Å². The average molecular weight is 215 g/mol. The first-order valence-corrected chi connectivity index (χ1v) is 5.19. The molecule has 0 bridgehead atoms. The van der Waals surface area contributed by atoms with Gasteiger partial charge in [-0.2, -0.15) is 5.26 Å². The van der Waals surface area contributed by atoms with Crippen molar-refractivity contribution in [2.45, 2.75) is 18.5 Å². The Morgan fingerprint density at radius 2 is 2.12 bits per heavy atom. The zero-order valence-corrected chi connectivity index (χ0v) is 8.89. The summed E-state index contributed by atoms with van der Waals surface area (Å²) in [6.45, 7) is 1.08. The number of amides is 1. The molecule has 1 amide bonds. The van der Waals surface area contributed by atoms with E-state index in [1.165, 1.54) is 0 Å². The van der Waals surface area contributed by atoms with E-state index in [0.29, 0.717) is 19.5 Å². The second-order valence-electron chi connectivity index (χ2n) is 4.05. The van der Waals surface area contributed by atoms with Crippen LogP contribution in [0.25, 0.3) is 0 Å². The number of carbonyl (C=O) groups excluding carboxylic acids is 1. The van der Waals surface area contributed by atoms with E-state index in [0.717, 1.165) is 5.56 Å². The number of nitrogens with two attached hydrogens (primary N) is 1. The van der Waals surface area contributed by atoms with Crippen molar-refractivity contribution in [3.63, 3.8) is 0 Å². The van der Waals surface area contributed by atoms with Crippen LogP contribution in [-0.2, 0) is 11.3 Å². The van der Waals surface area contributed by atoms with Crippen molar-refractivity contribution >= 4 is 5.91 Å². The molecule has 16 heavy (non-hydrogen) atoms. The first-order valence-electron chi connectivity index (χ1n) is 5.19. The number of carbonyl (C=O) groups is 1. The summed E-state index contributed by atoms with van der Waals surface area (Å²) < 4.78 is 0. The Morgan fingerprint density at radius 3 is 2.69 bits per heavy atom. The fourth-order valence-electron chi connectivity index (χ4n) is 1.86. The largest absolute Gasteiger partial charge is 0.336 e. The maximum atomic E-state index is 11.8. The lowest BCUT2D eigenvalue weighted by Crippen LogP contribution is -2.46. The molecular weight excluding hydrogens is 202 g/mol. The van der Waals surface area contributed by atoms with Gasteiger partial charge in [-0.3, -0.25) is 4.79 Å². The smallest absolute Gasteiger partial charge is 0.257 e. The van der Waals surface area contributed by atoms with E-state index < -0.39 is 5.54 Å². The van der Waals surface area contributed by atoms with E-state index in [4.69, 9.17) is 11.0 Å². The highest BCUT2D eigenvalue weighted by Gasteiger charge is 2.43. The summed E-state index contributed by atoms with van der Waals surface area (Å²) in [6, 6.07) is 11.6. The fraction of sp³-hybridized carbons (Fsp3) is 0.333. The summed E-state index contributed by atoms with van der Waals surface area (Å²) >= 11 is 0. The highest BCUT2D eigenvalue weighted by molar-refractivity contribution is 5.91. The van der Waals surface area contributed by atoms with E-state index in [9.17, 15) is 4.79 Å². The Hall–Kier alpha value is -1.86. The predicted molar refractivity (Wildman–Crippen MR) is 59.0 cm³/mol. The molecule has 1 unspecified atom stereocenters. The van der Waals surface area contributed by atoms with Crippen LogP contribution in [0.3, 0.4) is 0 Å². The molecule has 0 radical (unpaired) electrons. The molecule has 4 heteroatoms. The number of nitrogens with zero attached hydrogens (tertiary/aromatic N) is 2. The molecule has 0 aromatic heterocycles. The number of nitriles is 1. The Balaban J connectivity index is 2.10. The van der Waals surface area contributed by atoms with E-state index in [-0.39, 0.29) is 5.91 Å². The minimum atomic E-state index is -1.31. The summed E-state index contributed by atoms with van der Waals surface area (Å²) in [5, 5.41) is 8.86. The zero-order chi connectivity index (χ0) is 11.6. The molecule has 0 aliphatic carbocycles. The molecule has 2 rings (SSSR count). The Morgan fingerprint density at radius 1 is 1.44 bits per heavy atom. The molecule has 1 heterocycles. The van der Waals surface area contributed by atoms with Gasteiger partial charge >= 0.3 is 0 Å². The molecule has 0 spiro atoms. The summed E-state index contributed by atoms with van der Waals surface area (Å²) in [5.41, 5.74) is 5.44. The Bertz CT molecular complexity index is 437. The van der Waals surface area contributed by atoms with Gasteiger partial charge in [0.05, 0.1) is 6.07 Å². The number of rotatable bonds is 2. The Labute approximate surface area is 94.3 Å². The predicted octanol–water partition coefficient (Wildman–Crippen LogP) is 0.640. The van der Waals surface area contributed by atoms with Gasteiger partial charge < -0.3 is 10.6 Å². The molecule has 1 aliphatic heterocycles. The van der Waals surface area contributed by atoms with Gasteiger partial charge in [-0.15, -0.1) is 0 Å². The second-order valence-corrected chi connectivity index (χ2v) is 4.05. The van der Waals surface area contributed by atoms with Gasteiger partial charge in [-0.1, -0.05) is 30.3 Å². The summed E-state index contributed by atoms with van der Waals surface area (Å²) in [6.07, 6.45) is 0.412. The third-order valence-electron chi connectivity index (χ3n) is 2.86. The summed E-state index contributed by atoms with van der Waals surface area (Å²) in [4.78, 5) is 13.5. The van der Waals surface area contributed by atoms with Gasteiger partial charge in [-0.05, 0) is 5.56 Å². The molecule has 82 valence electrons. The van der Waals surface area contributed by atoms with E-state index >= 15 is 0 Å². The average Bonchev–Trinajstić information content (AvgIpc) is 2.60. The highest BCUT2D eigenvalue weighted by Crippen LogP contribution is 2.21. The molecule has 2 N–H and O–H groups in total. The highest BCUT2D eigenvalue weighted by atomic mass is 16.2. The first kappa shape index (κ1) is 10.7. The third-order valence-corrected chi connectivity index (χ3v) is 2.86. The molecule has 1 aromatic rings.